The van der Waals surface area contributed by atoms with Crippen molar-refractivity contribution in [2.45, 2.75) is 25.9 Å². The number of carbonyl (C=O) groups excluding carboxylic acids is 1. The molecule has 0 radical (unpaired) electrons. The molecule has 1 aliphatic heterocycles. The van der Waals surface area contributed by atoms with E-state index in [-0.39, 0.29) is 17.8 Å². The summed E-state index contributed by atoms with van der Waals surface area (Å²) in [5.74, 6) is -0.510. The number of carbonyl (C=O) groups is 1. The van der Waals surface area contributed by atoms with Gasteiger partial charge >= 0.3 is 0 Å². The van der Waals surface area contributed by atoms with Crippen molar-refractivity contribution in [3.63, 3.8) is 0 Å². The zero-order valence-corrected chi connectivity index (χ0v) is 17.3. The standard InChI is InChI=1S/C23H20FN3O2S/c1-14-18(11-15-8-9-16(24)12-20(15)25-14)22(28)27(13-17-5-4-10-29-17)23-26-19-6-2-3-7-21(19)30-23/h2-3,6-9,11-12,17H,4-5,10,13H2,1H3/t17-/m0/s1. The second-order valence-corrected chi connectivity index (χ2v) is 8.48. The van der Waals surface area contributed by atoms with Crippen LogP contribution < -0.4 is 4.90 Å². The number of ether oxygens (including phenoxy) is 1. The zero-order chi connectivity index (χ0) is 20.7. The topological polar surface area (TPSA) is 55.3 Å². The van der Waals surface area contributed by atoms with Crippen LogP contribution in [-0.2, 0) is 4.74 Å². The maximum absolute atomic E-state index is 13.7. The van der Waals surface area contributed by atoms with Gasteiger partial charge in [-0.25, -0.2) is 9.37 Å². The summed E-state index contributed by atoms with van der Waals surface area (Å²) >= 11 is 1.49. The van der Waals surface area contributed by atoms with E-state index >= 15 is 0 Å². The van der Waals surface area contributed by atoms with Crippen LogP contribution in [0.15, 0.2) is 48.5 Å². The van der Waals surface area contributed by atoms with Crippen molar-refractivity contribution >= 4 is 43.5 Å². The van der Waals surface area contributed by atoms with Crippen molar-refractivity contribution < 1.29 is 13.9 Å². The molecule has 30 heavy (non-hydrogen) atoms. The fourth-order valence-corrected chi connectivity index (χ4v) is 4.79. The number of nitrogens with zero attached hydrogens (tertiary/aromatic N) is 3. The minimum Gasteiger partial charge on any atom is -0.376 e. The van der Waals surface area contributed by atoms with E-state index in [4.69, 9.17) is 9.72 Å². The number of rotatable bonds is 4. The van der Waals surface area contributed by atoms with E-state index in [0.717, 1.165) is 28.4 Å². The van der Waals surface area contributed by atoms with Gasteiger partial charge in [0.2, 0.25) is 0 Å². The summed E-state index contributed by atoms with van der Waals surface area (Å²) in [6.45, 7) is 2.94. The number of para-hydroxylation sites is 1. The molecule has 0 N–H and O–H groups in total. The van der Waals surface area contributed by atoms with Gasteiger partial charge in [0.05, 0.1) is 39.6 Å². The van der Waals surface area contributed by atoms with E-state index in [1.807, 2.05) is 24.3 Å². The fraction of sp³-hybridized carbons (Fsp3) is 0.261. The number of amides is 1. The molecule has 0 spiro atoms. The highest BCUT2D eigenvalue weighted by Crippen LogP contribution is 2.31. The molecule has 1 fully saturated rings. The number of aromatic nitrogens is 2. The maximum atomic E-state index is 13.7. The Morgan fingerprint density at radius 3 is 2.87 bits per heavy atom. The lowest BCUT2D eigenvalue weighted by Gasteiger charge is -2.23. The largest absolute Gasteiger partial charge is 0.376 e. The van der Waals surface area contributed by atoms with Crippen LogP contribution in [0.3, 0.4) is 0 Å². The molecule has 0 aliphatic carbocycles. The molecule has 0 saturated carbocycles. The van der Waals surface area contributed by atoms with Crippen molar-refractivity contribution in [3.8, 4) is 0 Å². The molecule has 1 amide bonds. The third-order valence-electron chi connectivity index (χ3n) is 5.37. The zero-order valence-electron chi connectivity index (χ0n) is 16.5. The first-order valence-corrected chi connectivity index (χ1v) is 10.8. The average Bonchev–Trinajstić information content (AvgIpc) is 3.40. The summed E-state index contributed by atoms with van der Waals surface area (Å²) in [5.41, 5.74) is 2.46. The van der Waals surface area contributed by atoms with Gasteiger partial charge in [0.1, 0.15) is 5.82 Å². The van der Waals surface area contributed by atoms with Gasteiger partial charge < -0.3 is 4.74 Å². The predicted molar refractivity (Wildman–Crippen MR) is 117 cm³/mol. The second kappa shape index (κ2) is 7.74. The molecule has 0 bridgehead atoms. The molecule has 1 saturated heterocycles. The molecule has 152 valence electrons. The number of hydrogen-bond acceptors (Lipinski definition) is 5. The van der Waals surface area contributed by atoms with Gasteiger partial charge in [0.15, 0.2) is 5.13 Å². The Morgan fingerprint density at radius 1 is 1.20 bits per heavy atom. The Kier molecular flexibility index (Phi) is 4.92. The van der Waals surface area contributed by atoms with Crippen LogP contribution in [0.4, 0.5) is 9.52 Å². The van der Waals surface area contributed by atoms with E-state index in [9.17, 15) is 9.18 Å². The second-order valence-electron chi connectivity index (χ2n) is 7.47. The number of hydrogen-bond donors (Lipinski definition) is 0. The normalized spacial score (nSPS) is 16.4. The highest BCUT2D eigenvalue weighted by molar-refractivity contribution is 7.22. The lowest BCUT2D eigenvalue weighted by molar-refractivity contribution is 0.0916. The molecule has 3 heterocycles. The van der Waals surface area contributed by atoms with Crippen LogP contribution in [0.1, 0.15) is 28.9 Å². The van der Waals surface area contributed by atoms with Gasteiger partial charge in [0, 0.05) is 18.1 Å². The molecular weight excluding hydrogens is 401 g/mol. The number of pyridine rings is 1. The summed E-state index contributed by atoms with van der Waals surface area (Å²) in [4.78, 5) is 24.5. The molecule has 2 aromatic carbocycles. The number of benzene rings is 2. The Labute approximate surface area is 177 Å². The molecule has 4 aromatic rings. The number of fused-ring (bicyclic) bond motifs is 2. The number of aryl methyl sites for hydroxylation is 1. The molecule has 5 rings (SSSR count). The highest BCUT2D eigenvalue weighted by atomic mass is 32.1. The van der Waals surface area contributed by atoms with E-state index in [1.54, 1.807) is 24.0 Å². The van der Waals surface area contributed by atoms with Gasteiger partial charge in [-0.3, -0.25) is 14.7 Å². The monoisotopic (exact) mass is 421 g/mol. The van der Waals surface area contributed by atoms with Crippen LogP contribution in [0.2, 0.25) is 0 Å². The predicted octanol–water partition coefficient (Wildman–Crippen LogP) is 5.12. The van der Waals surface area contributed by atoms with E-state index in [1.165, 1.54) is 23.5 Å². The van der Waals surface area contributed by atoms with Crippen LogP contribution in [-0.4, -0.2) is 35.1 Å². The lowest BCUT2D eigenvalue weighted by atomic mass is 10.1. The first-order chi connectivity index (χ1) is 14.6. The lowest BCUT2D eigenvalue weighted by Crippen LogP contribution is -2.38. The first kappa shape index (κ1) is 19.1. The molecule has 1 aliphatic rings. The summed E-state index contributed by atoms with van der Waals surface area (Å²) in [6.07, 6.45) is 1.90. The quantitative estimate of drug-likeness (QED) is 0.459. The average molecular weight is 421 g/mol. The fourth-order valence-electron chi connectivity index (χ4n) is 3.81. The molecular formula is C23H20FN3O2S. The first-order valence-electron chi connectivity index (χ1n) is 9.94. The summed E-state index contributed by atoms with van der Waals surface area (Å²) in [5, 5.41) is 1.38. The van der Waals surface area contributed by atoms with Crippen LogP contribution >= 0.6 is 11.3 Å². The summed E-state index contributed by atoms with van der Waals surface area (Å²) in [7, 11) is 0. The molecule has 7 heteroatoms. The minimum atomic E-state index is -0.344. The number of thiazole rings is 1. The van der Waals surface area contributed by atoms with Crippen LogP contribution in [0.25, 0.3) is 21.1 Å². The van der Waals surface area contributed by atoms with E-state index in [2.05, 4.69) is 4.98 Å². The molecule has 5 nitrogen and oxygen atoms in total. The third kappa shape index (κ3) is 3.55. The summed E-state index contributed by atoms with van der Waals surface area (Å²) in [6, 6.07) is 14.1. The highest BCUT2D eigenvalue weighted by Gasteiger charge is 2.28. The third-order valence-corrected chi connectivity index (χ3v) is 6.43. The van der Waals surface area contributed by atoms with Gasteiger partial charge in [-0.1, -0.05) is 23.5 Å². The van der Waals surface area contributed by atoms with Gasteiger partial charge in [-0.2, -0.15) is 0 Å². The SMILES string of the molecule is Cc1nc2cc(F)ccc2cc1C(=O)N(C[C@@H]1CCCO1)c1nc2ccccc2s1. The van der Waals surface area contributed by atoms with Crippen molar-refractivity contribution in [1.82, 2.24) is 9.97 Å². The van der Waals surface area contributed by atoms with E-state index in [0.29, 0.717) is 35.1 Å². The Morgan fingerprint density at radius 2 is 2.07 bits per heavy atom. The number of anilines is 1. The molecule has 1 atom stereocenters. The Bertz CT molecular complexity index is 1220. The number of halogens is 1. The molecule has 0 unspecified atom stereocenters. The summed E-state index contributed by atoms with van der Waals surface area (Å²) < 4.78 is 20.4. The van der Waals surface area contributed by atoms with Crippen molar-refractivity contribution in [2.75, 3.05) is 18.1 Å². The maximum Gasteiger partial charge on any atom is 0.262 e. The van der Waals surface area contributed by atoms with Crippen molar-refractivity contribution in [3.05, 3.63) is 65.6 Å². The van der Waals surface area contributed by atoms with Crippen molar-refractivity contribution in [1.29, 1.82) is 0 Å². The van der Waals surface area contributed by atoms with Gasteiger partial charge in [0.25, 0.3) is 5.91 Å². The van der Waals surface area contributed by atoms with Crippen LogP contribution in [0.5, 0.6) is 0 Å². The Balaban J connectivity index is 1.57. The van der Waals surface area contributed by atoms with Crippen LogP contribution in [0, 0.1) is 12.7 Å². The van der Waals surface area contributed by atoms with Gasteiger partial charge in [-0.15, -0.1) is 0 Å². The smallest absolute Gasteiger partial charge is 0.262 e. The van der Waals surface area contributed by atoms with Gasteiger partial charge in [-0.05, 0) is 50.1 Å². The minimum absolute atomic E-state index is 0.0104. The van der Waals surface area contributed by atoms with Crippen molar-refractivity contribution in [2.24, 2.45) is 0 Å². The Hall–Kier alpha value is -2.90. The molecule has 2 aromatic heterocycles. The van der Waals surface area contributed by atoms with E-state index < -0.39 is 0 Å².